The highest BCUT2D eigenvalue weighted by Crippen LogP contribution is 2.24. The van der Waals surface area contributed by atoms with Gasteiger partial charge >= 0.3 is 5.97 Å². The van der Waals surface area contributed by atoms with Gasteiger partial charge in [-0.05, 0) is 36.4 Å². The minimum Gasteiger partial charge on any atom is -0.478 e. The first kappa shape index (κ1) is 11.7. The molecule has 0 saturated carbocycles. The molecule has 1 aromatic heterocycles. The van der Waals surface area contributed by atoms with E-state index in [-0.39, 0.29) is 5.56 Å². The molecule has 0 fully saturated rings. The summed E-state index contributed by atoms with van der Waals surface area (Å²) in [5.74, 6) is -0.350. The SMILES string of the molecule is O=C(O)c1cccc2nc(-c3ccc(Cl)cc3)[nH]c12. The van der Waals surface area contributed by atoms with Crippen LogP contribution >= 0.6 is 11.6 Å². The Labute approximate surface area is 113 Å². The Morgan fingerprint density at radius 1 is 1.16 bits per heavy atom. The molecule has 5 heteroatoms. The first-order chi connectivity index (χ1) is 9.15. The summed E-state index contributed by atoms with van der Waals surface area (Å²) in [6, 6.07) is 12.2. The van der Waals surface area contributed by atoms with E-state index < -0.39 is 5.97 Å². The maximum Gasteiger partial charge on any atom is 0.337 e. The van der Waals surface area contributed by atoms with Crippen molar-refractivity contribution in [3.8, 4) is 11.4 Å². The second-order valence-corrected chi connectivity index (χ2v) is 4.53. The summed E-state index contributed by atoms with van der Waals surface area (Å²) >= 11 is 5.84. The number of aromatic carboxylic acids is 1. The van der Waals surface area contributed by atoms with Crippen LogP contribution in [0.15, 0.2) is 42.5 Å². The number of hydrogen-bond donors (Lipinski definition) is 2. The van der Waals surface area contributed by atoms with E-state index in [4.69, 9.17) is 16.7 Å². The van der Waals surface area contributed by atoms with Crippen LogP contribution in [0.2, 0.25) is 5.02 Å². The number of carboxylic acid groups (broad SMARTS) is 1. The fraction of sp³-hybridized carbons (Fsp3) is 0. The van der Waals surface area contributed by atoms with Gasteiger partial charge in [-0.25, -0.2) is 9.78 Å². The van der Waals surface area contributed by atoms with Gasteiger partial charge in [-0.3, -0.25) is 0 Å². The highest BCUT2D eigenvalue weighted by atomic mass is 35.5. The zero-order valence-electron chi connectivity index (χ0n) is 9.72. The van der Waals surface area contributed by atoms with E-state index in [1.165, 1.54) is 0 Å². The summed E-state index contributed by atoms with van der Waals surface area (Å²) in [4.78, 5) is 18.6. The Morgan fingerprint density at radius 2 is 1.89 bits per heavy atom. The lowest BCUT2D eigenvalue weighted by molar-refractivity contribution is 0.0699. The molecule has 94 valence electrons. The predicted molar refractivity (Wildman–Crippen MR) is 73.5 cm³/mol. The van der Waals surface area contributed by atoms with E-state index in [0.717, 1.165) is 5.56 Å². The molecule has 3 aromatic rings. The maximum atomic E-state index is 11.1. The lowest BCUT2D eigenvalue weighted by atomic mass is 10.2. The highest BCUT2D eigenvalue weighted by molar-refractivity contribution is 6.30. The zero-order chi connectivity index (χ0) is 13.4. The molecule has 0 aliphatic rings. The van der Waals surface area contributed by atoms with Crippen molar-refractivity contribution in [3.05, 3.63) is 53.1 Å². The third-order valence-electron chi connectivity index (χ3n) is 2.87. The number of rotatable bonds is 2. The molecule has 2 aromatic carbocycles. The summed E-state index contributed by atoms with van der Waals surface area (Å²) in [5.41, 5.74) is 2.23. The zero-order valence-corrected chi connectivity index (χ0v) is 10.5. The van der Waals surface area contributed by atoms with E-state index in [2.05, 4.69) is 9.97 Å². The monoisotopic (exact) mass is 272 g/mol. The summed E-state index contributed by atoms with van der Waals surface area (Å²) < 4.78 is 0. The molecule has 0 saturated heterocycles. The lowest BCUT2D eigenvalue weighted by Gasteiger charge is -1.96. The average Bonchev–Trinajstić information content (AvgIpc) is 2.82. The molecule has 0 unspecified atom stereocenters. The van der Waals surface area contributed by atoms with Gasteiger partial charge in [0.15, 0.2) is 0 Å². The molecular weight excluding hydrogens is 264 g/mol. The molecule has 0 radical (unpaired) electrons. The molecule has 0 amide bonds. The number of aromatic amines is 1. The summed E-state index contributed by atoms with van der Waals surface area (Å²) in [6.45, 7) is 0. The number of H-pyrrole nitrogens is 1. The number of carboxylic acids is 1. The molecule has 3 rings (SSSR count). The minimum atomic E-state index is -0.975. The number of nitrogens with zero attached hydrogens (tertiary/aromatic N) is 1. The Bertz CT molecular complexity index is 763. The molecule has 0 atom stereocenters. The fourth-order valence-electron chi connectivity index (χ4n) is 1.95. The van der Waals surface area contributed by atoms with E-state index >= 15 is 0 Å². The third-order valence-corrected chi connectivity index (χ3v) is 3.12. The van der Waals surface area contributed by atoms with Crippen molar-refractivity contribution in [2.24, 2.45) is 0 Å². The number of halogens is 1. The van der Waals surface area contributed by atoms with Crippen LogP contribution in [-0.4, -0.2) is 21.0 Å². The number of aromatic nitrogens is 2. The van der Waals surface area contributed by atoms with Gasteiger partial charge in [0.1, 0.15) is 5.82 Å². The number of carbonyl (C=O) groups is 1. The first-order valence-electron chi connectivity index (χ1n) is 5.63. The standard InChI is InChI=1S/C14H9ClN2O2/c15-9-6-4-8(5-7-9)13-16-11-3-1-2-10(14(18)19)12(11)17-13/h1-7H,(H,16,17)(H,18,19). The average molecular weight is 273 g/mol. The number of para-hydroxylation sites is 1. The first-order valence-corrected chi connectivity index (χ1v) is 6.01. The maximum absolute atomic E-state index is 11.1. The van der Waals surface area contributed by atoms with Crippen LogP contribution in [0.3, 0.4) is 0 Å². The van der Waals surface area contributed by atoms with Crippen molar-refractivity contribution in [2.75, 3.05) is 0 Å². The number of fused-ring (bicyclic) bond motifs is 1. The molecule has 0 aliphatic carbocycles. The smallest absolute Gasteiger partial charge is 0.337 e. The Kier molecular flexibility index (Phi) is 2.72. The van der Waals surface area contributed by atoms with Crippen molar-refractivity contribution in [3.63, 3.8) is 0 Å². The van der Waals surface area contributed by atoms with Crippen molar-refractivity contribution >= 4 is 28.6 Å². The van der Waals surface area contributed by atoms with Gasteiger partial charge in [0.25, 0.3) is 0 Å². The van der Waals surface area contributed by atoms with Gasteiger partial charge in [0.2, 0.25) is 0 Å². The molecule has 4 nitrogen and oxygen atoms in total. The number of benzene rings is 2. The van der Waals surface area contributed by atoms with E-state index in [1.54, 1.807) is 30.3 Å². The normalized spacial score (nSPS) is 10.8. The molecular formula is C14H9ClN2O2. The van der Waals surface area contributed by atoms with Crippen LogP contribution in [0.5, 0.6) is 0 Å². The second kappa shape index (κ2) is 4.40. The highest BCUT2D eigenvalue weighted by Gasteiger charge is 2.12. The van der Waals surface area contributed by atoms with Gasteiger partial charge in [0, 0.05) is 10.6 Å². The van der Waals surface area contributed by atoms with Crippen molar-refractivity contribution in [1.29, 1.82) is 0 Å². The molecule has 1 heterocycles. The van der Waals surface area contributed by atoms with Gasteiger partial charge in [-0.1, -0.05) is 17.7 Å². The molecule has 2 N–H and O–H groups in total. The van der Waals surface area contributed by atoms with Gasteiger partial charge in [0.05, 0.1) is 16.6 Å². The quantitative estimate of drug-likeness (QED) is 0.749. The number of nitrogens with one attached hydrogen (secondary N) is 1. The molecule has 0 spiro atoms. The van der Waals surface area contributed by atoms with Crippen molar-refractivity contribution in [2.45, 2.75) is 0 Å². The Balaban J connectivity index is 2.19. The predicted octanol–water partition coefficient (Wildman–Crippen LogP) is 3.58. The van der Waals surface area contributed by atoms with E-state index in [0.29, 0.717) is 21.9 Å². The Hall–Kier alpha value is -2.33. The van der Waals surface area contributed by atoms with Gasteiger partial charge < -0.3 is 10.1 Å². The minimum absolute atomic E-state index is 0.213. The lowest BCUT2D eigenvalue weighted by Crippen LogP contribution is -1.96. The van der Waals surface area contributed by atoms with Gasteiger partial charge in [-0.2, -0.15) is 0 Å². The van der Waals surface area contributed by atoms with Crippen LogP contribution in [0, 0.1) is 0 Å². The van der Waals surface area contributed by atoms with E-state index in [1.807, 2.05) is 12.1 Å². The topological polar surface area (TPSA) is 66.0 Å². The second-order valence-electron chi connectivity index (χ2n) is 4.10. The summed E-state index contributed by atoms with van der Waals surface area (Å²) in [6.07, 6.45) is 0. The summed E-state index contributed by atoms with van der Waals surface area (Å²) in [5, 5.41) is 9.78. The van der Waals surface area contributed by atoms with Gasteiger partial charge in [-0.15, -0.1) is 0 Å². The van der Waals surface area contributed by atoms with Crippen LogP contribution in [0.25, 0.3) is 22.4 Å². The van der Waals surface area contributed by atoms with Crippen LogP contribution in [0.4, 0.5) is 0 Å². The molecule has 0 bridgehead atoms. The molecule has 19 heavy (non-hydrogen) atoms. The third kappa shape index (κ3) is 2.06. The van der Waals surface area contributed by atoms with E-state index in [9.17, 15) is 4.79 Å². The fourth-order valence-corrected chi connectivity index (χ4v) is 2.08. The number of imidazole rings is 1. The van der Waals surface area contributed by atoms with Crippen LogP contribution < -0.4 is 0 Å². The molecule has 0 aliphatic heterocycles. The van der Waals surface area contributed by atoms with Crippen LogP contribution in [-0.2, 0) is 0 Å². The summed E-state index contributed by atoms with van der Waals surface area (Å²) in [7, 11) is 0. The van der Waals surface area contributed by atoms with Crippen molar-refractivity contribution < 1.29 is 9.90 Å². The number of hydrogen-bond acceptors (Lipinski definition) is 2. The van der Waals surface area contributed by atoms with Crippen LogP contribution in [0.1, 0.15) is 10.4 Å². The largest absolute Gasteiger partial charge is 0.478 e. The van der Waals surface area contributed by atoms with Crippen molar-refractivity contribution in [1.82, 2.24) is 9.97 Å². The Morgan fingerprint density at radius 3 is 2.58 bits per heavy atom.